The minimum absolute atomic E-state index is 0. The molecule has 0 aliphatic rings. The van der Waals surface area contributed by atoms with Gasteiger partial charge in [-0.15, -0.1) is 12.4 Å². The van der Waals surface area contributed by atoms with Gasteiger partial charge in [-0.05, 0) is 40.7 Å². The van der Waals surface area contributed by atoms with Crippen molar-refractivity contribution in [1.82, 2.24) is 10.0 Å². The summed E-state index contributed by atoms with van der Waals surface area (Å²) in [7, 11) is -3.67. The molecular formula is C10H15BrClFN2O2S. The predicted octanol–water partition coefficient (Wildman–Crippen LogP) is 1.90. The first-order valence-corrected chi connectivity index (χ1v) is 7.40. The number of likely N-dealkylation sites (N-methyl/N-ethyl adjacent to an activating group) is 1. The monoisotopic (exact) mass is 360 g/mol. The van der Waals surface area contributed by atoms with E-state index in [4.69, 9.17) is 0 Å². The lowest BCUT2D eigenvalue weighted by Crippen LogP contribution is -2.32. The SMILES string of the molecule is CCNCCNS(=O)(=O)c1cc(F)ccc1Br.Cl. The van der Waals surface area contributed by atoms with E-state index in [0.717, 1.165) is 12.6 Å². The van der Waals surface area contributed by atoms with Crippen LogP contribution in [0.5, 0.6) is 0 Å². The van der Waals surface area contributed by atoms with E-state index in [1.807, 2.05) is 6.92 Å². The van der Waals surface area contributed by atoms with Crippen molar-refractivity contribution in [3.63, 3.8) is 0 Å². The molecule has 0 fully saturated rings. The molecule has 1 rings (SSSR count). The van der Waals surface area contributed by atoms with Crippen molar-refractivity contribution in [3.05, 3.63) is 28.5 Å². The minimum atomic E-state index is -3.67. The summed E-state index contributed by atoms with van der Waals surface area (Å²) in [4.78, 5) is -0.0889. The molecule has 0 saturated heterocycles. The fraction of sp³-hybridized carbons (Fsp3) is 0.400. The van der Waals surface area contributed by atoms with Gasteiger partial charge in [0.25, 0.3) is 0 Å². The second-order valence-electron chi connectivity index (χ2n) is 3.33. The van der Waals surface area contributed by atoms with Crippen molar-refractivity contribution in [2.75, 3.05) is 19.6 Å². The zero-order valence-corrected chi connectivity index (χ0v) is 13.0. The molecule has 1 aromatic rings. The number of nitrogens with one attached hydrogen (secondary N) is 2. The van der Waals surface area contributed by atoms with Crippen LogP contribution in [0.25, 0.3) is 0 Å². The van der Waals surface area contributed by atoms with E-state index in [2.05, 4.69) is 26.0 Å². The Bertz CT molecular complexity index is 485. The highest BCUT2D eigenvalue weighted by Crippen LogP contribution is 2.22. The minimum Gasteiger partial charge on any atom is -0.316 e. The Morgan fingerprint density at radius 1 is 1.33 bits per heavy atom. The van der Waals surface area contributed by atoms with Crippen LogP contribution in [0.4, 0.5) is 4.39 Å². The van der Waals surface area contributed by atoms with Crippen LogP contribution in [0.3, 0.4) is 0 Å². The summed E-state index contributed by atoms with van der Waals surface area (Å²) in [6.45, 7) is 3.49. The first-order chi connectivity index (χ1) is 7.97. The van der Waals surface area contributed by atoms with Gasteiger partial charge in [-0.25, -0.2) is 17.5 Å². The molecule has 0 spiro atoms. The van der Waals surface area contributed by atoms with Crippen molar-refractivity contribution in [2.24, 2.45) is 0 Å². The fourth-order valence-corrected chi connectivity index (χ4v) is 3.22. The second kappa shape index (κ2) is 8.06. The molecule has 0 atom stereocenters. The smallest absolute Gasteiger partial charge is 0.241 e. The predicted molar refractivity (Wildman–Crippen MR) is 75.1 cm³/mol. The van der Waals surface area contributed by atoms with Crippen LogP contribution in [0.1, 0.15) is 6.92 Å². The Morgan fingerprint density at radius 2 is 2.00 bits per heavy atom. The van der Waals surface area contributed by atoms with Crippen LogP contribution in [-0.2, 0) is 10.0 Å². The molecular weight excluding hydrogens is 347 g/mol. The molecule has 0 unspecified atom stereocenters. The first-order valence-electron chi connectivity index (χ1n) is 5.13. The molecule has 1 aromatic carbocycles. The van der Waals surface area contributed by atoms with Crippen molar-refractivity contribution in [2.45, 2.75) is 11.8 Å². The Labute approximate surface area is 121 Å². The fourth-order valence-electron chi connectivity index (χ4n) is 1.21. The highest BCUT2D eigenvalue weighted by atomic mass is 79.9. The molecule has 18 heavy (non-hydrogen) atoms. The van der Waals surface area contributed by atoms with Gasteiger partial charge in [0.05, 0.1) is 4.90 Å². The van der Waals surface area contributed by atoms with Gasteiger partial charge >= 0.3 is 0 Å². The van der Waals surface area contributed by atoms with Crippen LogP contribution in [-0.4, -0.2) is 28.1 Å². The number of rotatable bonds is 6. The molecule has 0 amide bonds. The zero-order chi connectivity index (χ0) is 12.9. The summed E-state index contributed by atoms with van der Waals surface area (Å²) < 4.78 is 39.4. The highest BCUT2D eigenvalue weighted by Gasteiger charge is 2.17. The topological polar surface area (TPSA) is 58.2 Å². The standard InChI is InChI=1S/C10H14BrFN2O2S.ClH/c1-2-13-5-6-14-17(15,16)10-7-8(12)3-4-9(10)11;/h3-4,7,13-14H,2,5-6H2,1H3;1H. The number of benzene rings is 1. The van der Waals surface area contributed by atoms with Crippen LogP contribution in [0.2, 0.25) is 0 Å². The van der Waals surface area contributed by atoms with Crippen molar-refractivity contribution in [1.29, 1.82) is 0 Å². The Hall–Kier alpha value is -0.210. The van der Waals surface area contributed by atoms with E-state index in [1.165, 1.54) is 12.1 Å². The number of halogens is 3. The molecule has 0 bridgehead atoms. The van der Waals surface area contributed by atoms with Gasteiger partial charge in [0.15, 0.2) is 0 Å². The molecule has 0 aromatic heterocycles. The van der Waals surface area contributed by atoms with Crippen molar-refractivity contribution < 1.29 is 12.8 Å². The van der Waals surface area contributed by atoms with E-state index < -0.39 is 15.8 Å². The number of hydrogen-bond donors (Lipinski definition) is 2. The van der Waals surface area contributed by atoms with Gasteiger partial charge in [0.2, 0.25) is 10.0 Å². The van der Waals surface area contributed by atoms with E-state index in [1.54, 1.807) is 0 Å². The van der Waals surface area contributed by atoms with E-state index in [0.29, 0.717) is 11.0 Å². The maximum absolute atomic E-state index is 13.0. The summed E-state index contributed by atoms with van der Waals surface area (Å²) in [6.07, 6.45) is 0. The molecule has 0 aliphatic carbocycles. The maximum atomic E-state index is 13.0. The normalized spacial score (nSPS) is 11.1. The third-order valence-corrected chi connectivity index (χ3v) is 4.48. The lowest BCUT2D eigenvalue weighted by Gasteiger charge is -2.08. The molecule has 0 radical (unpaired) electrons. The second-order valence-corrected chi connectivity index (χ2v) is 5.92. The molecule has 104 valence electrons. The van der Waals surface area contributed by atoms with E-state index >= 15 is 0 Å². The molecule has 0 saturated carbocycles. The highest BCUT2D eigenvalue weighted by molar-refractivity contribution is 9.10. The molecule has 8 heteroatoms. The van der Waals surface area contributed by atoms with Crippen molar-refractivity contribution >= 4 is 38.4 Å². The van der Waals surface area contributed by atoms with Gasteiger partial charge in [-0.1, -0.05) is 6.92 Å². The van der Waals surface area contributed by atoms with Crippen LogP contribution >= 0.6 is 28.3 Å². The summed E-state index contributed by atoms with van der Waals surface area (Å²) in [5.41, 5.74) is 0. The third kappa shape index (κ3) is 5.19. The van der Waals surface area contributed by atoms with Gasteiger partial charge < -0.3 is 5.32 Å². The lowest BCUT2D eigenvalue weighted by atomic mass is 10.3. The van der Waals surface area contributed by atoms with Crippen LogP contribution in [0, 0.1) is 5.82 Å². The summed E-state index contributed by atoms with van der Waals surface area (Å²) in [5, 5.41) is 2.99. The molecule has 2 N–H and O–H groups in total. The maximum Gasteiger partial charge on any atom is 0.241 e. The zero-order valence-electron chi connectivity index (χ0n) is 9.74. The summed E-state index contributed by atoms with van der Waals surface area (Å²) >= 11 is 3.09. The Balaban J connectivity index is 0.00000289. The first kappa shape index (κ1) is 17.8. The van der Waals surface area contributed by atoms with E-state index in [9.17, 15) is 12.8 Å². The van der Waals surface area contributed by atoms with Gasteiger partial charge in [-0.3, -0.25) is 0 Å². The van der Waals surface area contributed by atoms with Crippen LogP contribution in [0.15, 0.2) is 27.6 Å². The summed E-state index contributed by atoms with van der Waals surface area (Å²) in [6, 6.07) is 3.55. The van der Waals surface area contributed by atoms with E-state index in [-0.39, 0.29) is 23.8 Å². The molecule has 0 aliphatic heterocycles. The van der Waals surface area contributed by atoms with Gasteiger partial charge in [0.1, 0.15) is 5.82 Å². The largest absolute Gasteiger partial charge is 0.316 e. The lowest BCUT2D eigenvalue weighted by molar-refractivity contribution is 0.573. The van der Waals surface area contributed by atoms with Gasteiger partial charge in [-0.2, -0.15) is 0 Å². The average Bonchev–Trinajstić information content (AvgIpc) is 2.28. The molecule has 4 nitrogen and oxygen atoms in total. The number of hydrogen-bond acceptors (Lipinski definition) is 3. The average molecular weight is 362 g/mol. The Kier molecular flexibility index (Phi) is 7.97. The number of sulfonamides is 1. The van der Waals surface area contributed by atoms with Gasteiger partial charge in [0, 0.05) is 17.6 Å². The van der Waals surface area contributed by atoms with Crippen LogP contribution < -0.4 is 10.0 Å². The molecule has 0 heterocycles. The van der Waals surface area contributed by atoms with Crippen molar-refractivity contribution in [3.8, 4) is 0 Å². The Morgan fingerprint density at radius 3 is 2.61 bits per heavy atom. The summed E-state index contributed by atoms with van der Waals surface area (Å²) in [5.74, 6) is -0.583. The third-order valence-electron chi connectivity index (χ3n) is 2.03. The quantitative estimate of drug-likeness (QED) is 0.761.